The van der Waals surface area contributed by atoms with Crippen LogP contribution in [0.5, 0.6) is 0 Å². The molecule has 2 aliphatic rings. The molecule has 24 heavy (non-hydrogen) atoms. The summed E-state index contributed by atoms with van der Waals surface area (Å²) in [4.78, 5) is 23.0. The van der Waals surface area contributed by atoms with Gasteiger partial charge < -0.3 is 4.90 Å². The first-order valence-electron chi connectivity index (χ1n) is 7.74. The predicted octanol–water partition coefficient (Wildman–Crippen LogP) is 3.40. The summed E-state index contributed by atoms with van der Waals surface area (Å²) in [5, 5.41) is 0. The number of amides is 1. The first kappa shape index (κ1) is 15.1. The number of carbonyl (C=O) groups is 1. The van der Waals surface area contributed by atoms with E-state index in [4.69, 9.17) is 0 Å². The Morgan fingerprint density at radius 2 is 1.92 bits per heavy atom. The van der Waals surface area contributed by atoms with Gasteiger partial charge in [-0.1, -0.05) is 0 Å². The zero-order chi connectivity index (χ0) is 16.9. The summed E-state index contributed by atoms with van der Waals surface area (Å²) in [7, 11) is 0. The van der Waals surface area contributed by atoms with Gasteiger partial charge in [0.1, 0.15) is 6.33 Å². The smallest absolute Gasteiger partial charge is 0.328 e. The van der Waals surface area contributed by atoms with Crippen LogP contribution in [0.4, 0.5) is 13.2 Å². The number of aromatic nitrogens is 2. The van der Waals surface area contributed by atoms with Crippen molar-refractivity contribution in [2.45, 2.75) is 37.5 Å². The van der Waals surface area contributed by atoms with E-state index in [9.17, 15) is 18.0 Å². The van der Waals surface area contributed by atoms with E-state index in [1.54, 1.807) is 11.1 Å². The molecule has 0 spiro atoms. The van der Waals surface area contributed by atoms with E-state index >= 15 is 0 Å². The van der Waals surface area contributed by atoms with Crippen molar-refractivity contribution in [1.82, 2.24) is 14.9 Å². The molecule has 1 amide bonds. The highest BCUT2D eigenvalue weighted by atomic mass is 19.4. The fraction of sp³-hybridized carbons (Fsp3) is 0.353. The van der Waals surface area contributed by atoms with Crippen LogP contribution in [0.15, 0.2) is 36.8 Å². The minimum absolute atomic E-state index is 0.0483. The molecule has 2 aromatic rings. The molecule has 1 saturated heterocycles. The lowest BCUT2D eigenvalue weighted by Gasteiger charge is -2.35. The third-order valence-electron chi connectivity index (χ3n) is 4.81. The van der Waals surface area contributed by atoms with Crippen molar-refractivity contribution >= 4 is 5.91 Å². The summed E-state index contributed by atoms with van der Waals surface area (Å²) in [6.45, 7) is 0. The van der Waals surface area contributed by atoms with Crippen molar-refractivity contribution in [3.63, 3.8) is 0 Å². The molecular weight excluding hydrogens is 319 g/mol. The zero-order valence-corrected chi connectivity index (χ0v) is 12.6. The molecule has 124 valence electrons. The van der Waals surface area contributed by atoms with Crippen molar-refractivity contribution in [3.8, 4) is 0 Å². The van der Waals surface area contributed by atoms with Crippen molar-refractivity contribution in [3.05, 3.63) is 59.2 Å². The number of hydrogen-bond acceptors (Lipinski definition) is 3. The molecule has 0 N–H and O–H groups in total. The average molecular weight is 333 g/mol. The van der Waals surface area contributed by atoms with Gasteiger partial charge in [0.15, 0.2) is 0 Å². The number of nitrogens with zero attached hydrogens (tertiary/aromatic N) is 3. The number of hydrogen-bond donors (Lipinski definition) is 0. The number of carbonyl (C=O) groups excluding carboxylic acids is 1. The first-order valence-corrected chi connectivity index (χ1v) is 7.74. The highest BCUT2D eigenvalue weighted by Gasteiger charge is 2.43. The van der Waals surface area contributed by atoms with Crippen LogP contribution < -0.4 is 0 Å². The minimum atomic E-state index is -4.40. The Bertz CT molecular complexity index is 788. The van der Waals surface area contributed by atoms with Gasteiger partial charge in [-0.3, -0.25) is 4.79 Å². The van der Waals surface area contributed by atoms with E-state index < -0.39 is 11.7 Å². The maximum Gasteiger partial charge on any atom is 0.416 e. The summed E-state index contributed by atoms with van der Waals surface area (Å²) >= 11 is 0. The maximum absolute atomic E-state index is 12.8. The Kier molecular flexibility index (Phi) is 3.33. The quantitative estimate of drug-likeness (QED) is 0.803. The van der Waals surface area contributed by atoms with Gasteiger partial charge in [-0.2, -0.15) is 13.2 Å². The molecule has 1 fully saturated rings. The Labute approximate surface area is 136 Å². The molecule has 7 heteroatoms. The topological polar surface area (TPSA) is 46.1 Å². The van der Waals surface area contributed by atoms with E-state index in [1.807, 2.05) is 0 Å². The van der Waals surface area contributed by atoms with Gasteiger partial charge in [0, 0.05) is 29.8 Å². The lowest BCUT2D eigenvalue weighted by atomic mass is 9.98. The highest BCUT2D eigenvalue weighted by Crippen LogP contribution is 2.43. The Morgan fingerprint density at radius 3 is 2.62 bits per heavy atom. The molecule has 2 bridgehead atoms. The van der Waals surface area contributed by atoms with E-state index in [-0.39, 0.29) is 23.6 Å². The van der Waals surface area contributed by atoms with Gasteiger partial charge in [0.05, 0.1) is 17.3 Å². The van der Waals surface area contributed by atoms with Crippen molar-refractivity contribution in [2.24, 2.45) is 0 Å². The Morgan fingerprint density at radius 1 is 1.17 bits per heavy atom. The first-order chi connectivity index (χ1) is 11.4. The number of rotatable bonds is 1. The average Bonchev–Trinajstić information content (AvgIpc) is 2.88. The van der Waals surface area contributed by atoms with Gasteiger partial charge >= 0.3 is 6.18 Å². The van der Waals surface area contributed by atoms with Crippen LogP contribution in [-0.2, 0) is 12.6 Å². The summed E-state index contributed by atoms with van der Waals surface area (Å²) in [5.74, 6) is -0.231. The van der Waals surface area contributed by atoms with E-state index in [0.717, 1.165) is 36.2 Å². The van der Waals surface area contributed by atoms with Crippen LogP contribution >= 0.6 is 0 Å². The summed E-state index contributed by atoms with van der Waals surface area (Å²) in [5.41, 5.74) is 1.44. The second kappa shape index (κ2) is 5.29. The Balaban J connectivity index is 1.64. The second-order valence-corrected chi connectivity index (χ2v) is 6.16. The van der Waals surface area contributed by atoms with Gasteiger partial charge in [-0.15, -0.1) is 0 Å². The van der Waals surface area contributed by atoms with Crippen LogP contribution in [0, 0.1) is 0 Å². The van der Waals surface area contributed by atoms with Gasteiger partial charge in [-0.25, -0.2) is 9.97 Å². The molecule has 2 atom stereocenters. The molecule has 0 radical (unpaired) electrons. The van der Waals surface area contributed by atoms with Crippen molar-refractivity contribution in [2.75, 3.05) is 0 Å². The van der Waals surface area contributed by atoms with E-state index in [2.05, 4.69) is 9.97 Å². The summed E-state index contributed by atoms with van der Waals surface area (Å²) in [6, 6.07) is 4.37. The van der Waals surface area contributed by atoms with Crippen LogP contribution in [0.3, 0.4) is 0 Å². The number of alkyl halides is 3. The van der Waals surface area contributed by atoms with Gasteiger partial charge in [-0.05, 0) is 37.1 Å². The van der Waals surface area contributed by atoms with E-state index in [1.165, 1.54) is 18.5 Å². The summed E-state index contributed by atoms with van der Waals surface area (Å²) in [6.07, 6.45) is 1.21. The molecule has 1 aromatic heterocycles. The molecule has 4 nitrogen and oxygen atoms in total. The number of benzene rings is 1. The lowest BCUT2D eigenvalue weighted by molar-refractivity contribution is -0.137. The molecular formula is C17H14F3N3O. The molecule has 2 unspecified atom stereocenters. The third kappa shape index (κ3) is 2.35. The van der Waals surface area contributed by atoms with Gasteiger partial charge in [0.25, 0.3) is 5.91 Å². The molecule has 0 saturated carbocycles. The van der Waals surface area contributed by atoms with Crippen molar-refractivity contribution in [1.29, 1.82) is 0 Å². The fourth-order valence-corrected chi connectivity index (χ4v) is 3.68. The van der Waals surface area contributed by atoms with Crippen LogP contribution in [-0.4, -0.2) is 26.8 Å². The lowest BCUT2D eigenvalue weighted by Crippen LogP contribution is -2.42. The highest BCUT2D eigenvalue weighted by molar-refractivity contribution is 5.95. The normalized spacial score (nSPS) is 22.4. The monoisotopic (exact) mass is 333 g/mol. The van der Waals surface area contributed by atoms with Crippen LogP contribution in [0.2, 0.25) is 0 Å². The minimum Gasteiger partial charge on any atom is -0.328 e. The van der Waals surface area contributed by atoms with Crippen LogP contribution in [0.1, 0.15) is 46.1 Å². The number of fused-ring (bicyclic) bond motifs is 4. The molecule has 1 aromatic carbocycles. The maximum atomic E-state index is 12.8. The third-order valence-corrected chi connectivity index (χ3v) is 4.81. The standard InChI is InChI=1S/C17H14F3N3O/c18-17(19,20)11-3-1-10(2-4-11)16(24)23-12-5-6-15(23)13-8-21-9-22-14(13)7-12/h1-4,8-9,12,15H,5-7H2. The second-order valence-electron chi connectivity index (χ2n) is 6.16. The molecule has 2 aliphatic heterocycles. The molecule has 0 aliphatic carbocycles. The van der Waals surface area contributed by atoms with Crippen LogP contribution in [0.25, 0.3) is 0 Å². The molecule has 4 rings (SSSR count). The van der Waals surface area contributed by atoms with Crippen molar-refractivity contribution < 1.29 is 18.0 Å². The molecule has 3 heterocycles. The summed E-state index contributed by atoms with van der Waals surface area (Å²) < 4.78 is 38.0. The Hall–Kier alpha value is -2.44. The largest absolute Gasteiger partial charge is 0.416 e. The SMILES string of the molecule is O=C(c1ccc(C(F)(F)F)cc1)N1C2CCC1c1cncnc1C2. The van der Waals surface area contributed by atoms with E-state index in [0.29, 0.717) is 6.42 Å². The zero-order valence-electron chi connectivity index (χ0n) is 12.6. The fourth-order valence-electron chi connectivity index (χ4n) is 3.68. The number of halogens is 3. The predicted molar refractivity (Wildman–Crippen MR) is 79.1 cm³/mol. The van der Waals surface area contributed by atoms with Gasteiger partial charge in [0.2, 0.25) is 0 Å².